The van der Waals surface area contributed by atoms with E-state index in [2.05, 4.69) is 36.4 Å². The lowest BCUT2D eigenvalue weighted by Crippen LogP contribution is -2.31. The monoisotopic (exact) mass is 427 g/mol. The lowest BCUT2D eigenvalue weighted by Gasteiger charge is -2.24. The molecule has 5 heterocycles. The molecule has 11 heteroatoms. The van der Waals surface area contributed by atoms with Crippen LogP contribution >= 0.6 is 0 Å². The highest BCUT2D eigenvalue weighted by Crippen LogP contribution is 2.43. The van der Waals surface area contributed by atoms with Crippen LogP contribution in [0.4, 0.5) is 5.82 Å². The second-order valence-corrected chi connectivity index (χ2v) is 8.42. The Hall–Kier alpha value is -2.65. The summed E-state index contributed by atoms with van der Waals surface area (Å²) >= 11 is 0. The number of anilines is 1. The van der Waals surface area contributed by atoms with Gasteiger partial charge < -0.3 is 24.6 Å². The van der Waals surface area contributed by atoms with Gasteiger partial charge in [0.1, 0.15) is 24.6 Å². The summed E-state index contributed by atoms with van der Waals surface area (Å²) in [6.45, 7) is 4.16. The number of fused-ring (bicyclic) bond motifs is 2. The fourth-order valence-electron chi connectivity index (χ4n) is 4.25. The standard InChI is InChI=1S/C20H25N7O4/c1-4-5-6-20(25-26-20)7-8-21-16-13-17(23-10-22-16)27(11-24-13)18-15-14(12(9-28)29-18)30-19(2,3)31-15/h1,10-12,14-15,18,28H,5-9H2,2-3H3,(H,21,22,23)/t12-,14+,15?,18-/m0/s1. The minimum Gasteiger partial charge on any atom is -0.394 e. The fourth-order valence-corrected chi connectivity index (χ4v) is 4.25. The van der Waals surface area contributed by atoms with Crippen LogP contribution in [0.1, 0.15) is 39.3 Å². The number of rotatable bonds is 8. The number of aliphatic hydroxyl groups excluding tert-OH is 1. The first-order valence-electron chi connectivity index (χ1n) is 10.4. The Labute approximate surface area is 179 Å². The molecule has 3 aliphatic heterocycles. The molecule has 3 aliphatic rings. The summed E-state index contributed by atoms with van der Waals surface area (Å²) in [5, 5.41) is 21.3. The van der Waals surface area contributed by atoms with Crippen LogP contribution in [0.3, 0.4) is 0 Å². The van der Waals surface area contributed by atoms with Crippen molar-refractivity contribution >= 4 is 17.0 Å². The van der Waals surface area contributed by atoms with Crippen LogP contribution in [0.2, 0.25) is 0 Å². The molecule has 1 unspecified atom stereocenters. The molecule has 2 fully saturated rings. The van der Waals surface area contributed by atoms with Gasteiger partial charge >= 0.3 is 0 Å². The van der Waals surface area contributed by atoms with E-state index in [1.165, 1.54) is 6.33 Å². The molecule has 2 saturated heterocycles. The predicted octanol–water partition coefficient (Wildman–Crippen LogP) is 1.61. The zero-order valence-electron chi connectivity index (χ0n) is 17.4. The van der Waals surface area contributed by atoms with E-state index in [1.807, 2.05) is 13.8 Å². The lowest BCUT2D eigenvalue weighted by molar-refractivity contribution is -0.199. The third-order valence-corrected chi connectivity index (χ3v) is 5.81. The quantitative estimate of drug-likeness (QED) is 0.608. The van der Waals surface area contributed by atoms with Gasteiger partial charge in [-0.05, 0) is 13.8 Å². The molecule has 0 bridgehead atoms. The number of hydrogen-bond acceptors (Lipinski definition) is 10. The van der Waals surface area contributed by atoms with E-state index in [9.17, 15) is 5.11 Å². The largest absolute Gasteiger partial charge is 0.394 e. The molecule has 5 rings (SSSR count). The van der Waals surface area contributed by atoms with Crippen molar-refractivity contribution in [3.8, 4) is 12.3 Å². The van der Waals surface area contributed by atoms with E-state index >= 15 is 0 Å². The Morgan fingerprint density at radius 2 is 2.00 bits per heavy atom. The maximum absolute atomic E-state index is 9.73. The number of aromatic nitrogens is 4. The molecule has 2 aromatic heterocycles. The second kappa shape index (κ2) is 7.49. The molecule has 31 heavy (non-hydrogen) atoms. The number of hydrogen-bond donors (Lipinski definition) is 2. The van der Waals surface area contributed by atoms with Crippen LogP contribution < -0.4 is 5.32 Å². The van der Waals surface area contributed by atoms with Gasteiger partial charge in [-0.2, -0.15) is 10.2 Å². The average Bonchev–Trinajstić information content (AvgIpc) is 3.08. The molecule has 0 spiro atoms. The van der Waals surface area contributed by atoms with Gasteiger partial charge in [-0.15, -0.1) is 12.3 Å². The number of nitrogens with one attached hydrogen (secondary N) is 1. The molecule has 0 saturated carbocycles. The Morgan fingerprint density at radius 1 is 1.19 bits per heavy atom. The lowest BCUT2D eigenvalue weighted by atomic mass is 10.0. The highest BCUT2D eigenvalue weighted by molar-refractivity contribution is 5.82. The number of nitrogens with zero attached hydrogens (tertiary/aromatic N) is 6. The molecule has 164 valence electrons. The Balaban J connectivity index is 1.33. The first-order chi connectivity index (χ1) is 15.0. The van der Waals surface area contributed by atoms with Gasteiger partial charge in [-0.3, -0.25) is 4.57 Å². The molecular formula is C20H25N7O4. The van der Waals surface area contributed by atoms with E-state index in [1.54, 1.807) is 10.9 Å². The van der Waals surface area contributed by atoms with Crippen LogP contribution in [-0.2, 0) is 14.2 Å². The van der Waals surface area contributed by atoms with Crippen molar-refractivity contribution in [2.45, 2.75) is 69.1 Å². The minimum atomic E-state index is -0.753. The maximum atomic E-state index is 9.73. The van der Waals surface area contributed by atoms with Crippen molar-refractivity contribution in [1.29, 1.82) is 0 Å². The van der Waals surface area contributed by atoms with Gasteiger partial charge in [0, 0.05) is 25.8 Å². The van der Waals surface area contributed by atoms with E-state index in [0.717, 1.165) is 12.8 Å². The first kappa shape index (κ1) is 20.3. The third kappa shape index (κ3) is 3.65. The van der Waals surface area contributed by atoms with E-state index in [-0.39, 0.29) is 24.5 Å². The van der Waals surface area contributed by atoms with E-state index in [0.29, 0.717) is 29.9 Å². The van der Waals surface area contributed by atoms with E-state index < -0.39 is 18.1 Å². The topological polar surface area (TPSA) is 128 Å². The molecule has 11 nitrogen and oxygen atoms in total. The van der Waals surface area contributed by atoms with Crippen LogP contribution in [-0.4, -0.2) is 67.5 Å². The highest BCUT2D eigenvalue weighted by atomic mass is 16.8. The van der Waals surface area contributed by atoms with E-state index in [4.69, 9.17) is 20.6 Å². The SMILES string of the molecule is C#CCCC1(CCNc2ncnc3c2ncn3[C@H]2O[C@@H](CO)[C@H]3OC(C)(C)OC32)N=N1. The van der Waals surface area contributed by atoms with Crippen molar-refractivity contribution < 1.29 is 19.3 Å². The summed E-state index contributed by atoms with van der Waals surface area (Å²) < 4.78 is 19.8. The molecular weight excluding hydrogens is 402 g/mol. The summed E-state index contributed by atoms with van der Waals surface area (Å²) in [5.74, 6) is 2.50. The number of terminal acetylenes is 1. The summed E-state index contributed by atoms with van der Waals surface area (Å²) in [7, 11) is 0. The number of ether oxygens (including phenoxy) is 3. The number of aliphatic hydroxyl groups is 1. The number of imidazole rings is 1. The Kier molecular flexibility index (Phi) is 4.90. The summed E-state index contributed by atoms with van der Waals surface area (Å²) in [4.78, 5) is 13.3. The third-order valence-electron chi connectivity index (χ3n) is 5.81. The van der Waals surface area contributed by atoms with Crippen LogP contribution in [0, 0.1) is 12.3 Å². The minimum absolute atomic E-state index is 0.164. The predicted molar refractivity (Wildman–Crippen MR) is 109 cm³/mol. The van der Waals surface area contributed by atoms with Gasteiger partial charge in [0.05, 0.1) is 12.9 Å². The summed E-state index contributed by atoms with van der Waals surface area (Å²) in [5.41, 5.74) is 0.871. The van der Waals surface area contributed by atoms with Gasteiger partial charge in [0.25, 0.3) is 0 Å². The fraction of sp³-hybridized carbons (Fsp3) is 0.650. The van der Waals surface area contributed by atoms with Gasteiger partial charge in [0.2, 0.25) is 0 Å². The van der Waals surface area contributed by atoms with Crippen molar-refractivity contribution in [1.82, 2.24) is 19.5 Å². The van der Waals surface area contributed by atoms with Gasteiger partial charge in [-0.25, -0.2) is 15.0 Å². The molecule has 0 aromatic carbocycles. The smallest absolute Gasteiger partial charge is 0.193 e. The van der Waals surface area contributed by atoms with Crippen molar-refractivity contribution in [3.63, 3.8) is 0 Å². The van der Waals surface area contributed by atoms with Crippen LogP contribution in [0.15, 0.2) is 22.9 Å². The molecule has 0 aliphatic carbocycles. The Bertz CT molecular complexity index is 1040. The van der Waals surface area contributed by atoms with Crippen molar-refractivity contribution in [2.75, 3.05) is 18.5 Å². The molecule has 4 atom stereocenters. The highest BCUT2D eigenvalue weighted by Gasteiger charge is 2.56. The van der Waals surface area contributed by atoms with Crippen LogP contribution in [0.25, 0.3) is 11.2 Å². The average molecular weight is 427 g/mol. The van der Waals surface area contributed by atoms with Crippen molar-refractivity contribution in [2.24, 2.45) is 10.2 Å². The molecule has 0 radical (unpaired) electrons. The Morgan fingerprint density at radius 3 is 2.74 bits per heavy atom. The molecule has 2 aromatic rings. The summed E-state index contributed by atoms with van der Waals surface area (Å²) in [6.07, 6.45) is 8.86. The van der Waals surface area contributed by atoms with Gasteiger partial charge in [0.15, 0.2) is 34.7 Å². The van der Waals surface area contributed by atoms with Crippen molar-refractivity contribution in [3.05, 3.63) is 12.7 Å². The summed E-state index contributed by atoms with van der Waals surface area (Å²) in [6, 6.07) is 0. The maximum Gasteiger partial charge on any atom is 0.193 e. The normalized spacial score (nSPS) is 29.7. The first-order valence-corrected chi connectivity index (χ1v) is 10.4. The second-order valence-electron chi connectivity index (χ2n) is 8.42. The molecule has 0 amide bonds. The van der Waals surface area contributed by atoms with Crippen LogP contribution in [0.5, 0.6) is 0 Å². The molecule has 2 N–H and O–H groups in total. The zero-order valence-corrected chi connectivity index (χ0v) is 17.4. The van der Waals surface area contributed by atoms with Gasteiger partial charge in [-0.1, -0.05) is 0 Å². The zero-order chi connectivity index (χ0) is 21.6.